The second-order valence-electron chi connectivity index (χ2n) is 16.0. The quantitative estimate of drug-likeness (QED) is 0.152. The highest BCUT2D eigenvalue weighted by molar-refractivity contribution is 7.26. The standard InChI is InChI=1S/C60H39NOS/c1-3-15-41(16-4-1)47-19-7-9-21-50(47)51-22-10-8-20-48(51)43-31-36-46(37-32-43)61(56-27-14-26-54-52-23-11-12-28-58(52)63-60(54)56)45-34-29-40(30-35-45)44-33-38-57-55(39-44)53-25-13-24-49(59(53)62-57)42-17-5-2-6-18-42/h1-39H. The summed E-state index contributed by atoms with van der Waals surface area (Å²) in [6.45, 7) is 0. The normalized spacial score (nSPS) is 11.5. The largest absolute Gasteiger partial charge is 0.455 e. The number of hydrogen-bond acceptors (Lipinski definition) is 3. The molecule has 0 spiro atoms. The lowest BCUT2D eigenvalue weighted by molar-refractivity contribution is 0.670. The van der Waals surface area contributed by atoms with Crippen LogP contribution in [0.2, 0.25) is 0 Å². The van der Waals surface area contributed by atoms with E-state index in [1.807, 2.05) is 17.4 Å². The average Bonchev–Trinajstić information content (AvgIpc) is 3.94. The zero-order chi connectivity index (χ0) is 41.7. The van der Waals surface area contributed by atoms with E-state index in [-0.39, 0.29) is 0 Å². The summed E-state index contributed by atoms with van der Waals surface area (Å²) >= 11 is 1.86. The van der Waals surface area contributed by atoms with E-state index in [2.05, 4.69) is 235 Å². The SMILES string of the molecule is c1ccc(-c2ccccc2-c2ccccc2-c2ccc(N(c3ccc(-c4ccc5oc6c(-c7ccccc7)cccc6c5c4)cc3)c3cccc4c3sc3ccccc34)cc2)cc1. The van der Waals surface area contributed by atoms with Gasteiger partial charge in [0.1, 0.15) is 11.2 Å². The molecule has 2 nitrogen and oxygen atoms in total. The van der Waals surface area contributed by atoms with Gasteiger partial charge in [-0.3, -0.25) is 0 Å². The maximum atomic E-state index is 6.52. The molecule has 0 bridgehead atoms. The number of thiophene rings is 1. The van der Waals surface area contributed by atoms with Crippen molar-refractivity contribution in [1.82, 2.24) is 0 Å². The van der Waals surface area contributed by atoms with Gasteiger partial charge in [0.15, 0.2) is 0 Å². The van der Waals surface area contributed by atoms with Crippen molar-refractivity contribution in [2.45, 2.75) is 0 Å². The third kappa shape index (κ3) is 6.50. The van der Waals surface area contributed by atoms with Crippen LogP contribution in [0.15, 0.2) is 241 Å². The molecule has 0 fully saturated rings. The lowest BCUT2D eigenvalue weighted by Gasteiger charge is -2.26. The Morgan fingerprint density at radius 1 is 0.317 bits per heavy atom. The first-order valence-corrected chi connectivity index (χ1v) is 22.2. The maximum absolute atomic E-state index is 6.52. The van der Waals surface area contributed by atoms with E-state index in [4.69, 9.17) is 4.42 Å². The van der Waals surface area contributed by atoms with Crippen LogP contribution in [0.3, 0.4) is 0 Å². The van der Waals surface area contributed by atoms with Crippen LogP contribution in [0.5, 0.6) is 0 Å². The lowest BCUT2D eigenvalue weighted by atomic mass is 9.89. The molecule has 63 heavy (non-hydrogen) atoms. The van der Waals surface area contributed by atoms with E-state index >= 15 is 0 Å². The van der Waals surface area contributed by atoms with E-state index in [1.165, 1.54) is 53.6 Å². The molecule has 0 radical (unpaired) electrons. The minimum Gasteiger partial charge on any atom is -0.455 e. The van der Waals surface area contributed by atoms with Crippen molar-refractivity contribution in [3.8, 4) is 55.6 Å². The minimum atomic E-state index is 0.892. The number of para-hydroxylation sites is 1. The van der Waals surface area contributed by atoms with Crippen LogP contribution < -0.4 is 4.90 Å². The topological polar surface area (TPSA) is 16.4 Å². The zero-order valence-corrected chi connectivity index (χ0v) is 35.1. The Morgan fingerprint density at radius 3 is 1.49 bits per heavy atom. The lowest BCUT2D eigenvalue weighted by Crippen LogP contribution is -2.10. The first-order valence-electron chi connectivity index (χ1n) is 21.4. The number of anilines is 3. The molecule has 0 saturated carbocycles. The van der Waals surface area contributed by atoms with Crippen LogP contribution in [-0.4, -0.2) is 0 Å². The highest BCUT2D eigenvalue weighted by atomic mass is 32.1. The molecule has 3 heteroatoms. The molecule has 12 aromatic rings. The van der Waals surface area contributed by atoms with Crippen LogP contribution in [0.25, 0.3) is 97.7 Å². The molecule has 296 valence electrons. The van der Waals surface area contributed by atoms with E-state index < -0.39 is 0 Å². The van der Waals surface area contributed by atoms with Crippen LogP contribution in [-0.2, 0) is 0 Å². The van der Waals surface area contributed by atoms with Crippen molar-refractivity contribution in [2.75, 3.05) is 4.90 Å². The fourth-order valence-corrected chi connectivity index (χ4v) is 10.5. The van der Waals surface area contributed by atoms with Crippen LogP contribution in [0.4, 0.5) is 17.1 Å². The van der Waals surface area contributed by atoms with Gasteiger partial charge in [0.2, 0.25) is 0 Å². The van der Waals surface area contributed by atoms with E-state index in [9.17, 15) is 0 Å². The van der Waals surface area contributed by atoms with Gasteiger partial charge in [-0.05, 0) is 98.6 Å². The van der Waals surface area contributed by atoms with Gasteiger partial charge >= 0.3 is 0 Å². The molecule has 0 saturated heterocycles. The van der Waals surface area contributed by atoms with E-state index in [0.29, 0.717) is 0 Å². The summed E-state index contributed by atoms with van der Waals surface area (Å²) in [6.07, 6.45) is 0. The van der Waals surface area contributed by atoms with Crippen molar-refractivity contribution in [3.63, 3.8) is 0 Å². The van der Waals surface area contributed by atoms with Crippen molar-refractivity contribution in [2.24, 2.45) is 0 Å². The Hall–Kier alpha value is -7.98. The maximum Gasteiger partial charge on any atom is 0.143 e. The second-order valence-corrected chi connectivity index (χ2v) is 17.1. The van der Waals surface area contributed by atoms with E-state index in [1.54, 1.807) is 0 Å². The molecular weight excluding hydrogens is 783 g/mol. The second kappa shape index (κ2) is 15.5. The van der Waals surface area contributed by atoms with Crippen LogP contribution in [0.1, 0.15) is 0 Å². The van der Waals surface area contributed by atoms with Crippen molar-refractivity contribution < 1.29 is 4.42 Å². The molecular formula is C60H39NOS. The molecule has 0 aliphatic carbocycles. The summed E-state index contributed by atoms with van der Waals surface area (Å²) in [5.74, 6) is 0. The van der Waals surface area contributed by atoms with Gasteiger partial charge in [0, 0.05) is 43.2 Å². The van der Waals surface area contributed by atoms with Gasteiger partial charge in [-0.25, -0.2) is 0 Å². The van der Waals surface area contributed by atoms with Gasteiger partial charge in [-0.15, -0.1) is 11.3 Å². The molecule has 0 N–H and O–H groups in total. The predicted octanol–water partition coefficient (Wildman–Crippen LogP) is 17.8. The van der Waals surface area contributed by atoms with E-state index in [0.717, 1.165) is 61.3 Å². The first kappa shape index (κ1) is 36.8. The Balaban J connectivity index is 0.950. The van der Waals surface area contributed by atoms with Crippen molar-refractivity contribution in [1.29, 1.82) is 0 Å². The zero-order valence-electron chi connectivity index (χ0n) is 34.3. The number of furan rings is 1. The first-order chi connectivity index (χ1) is 31.2. The van der Waals surface area contributed by atoms with Gasteiger partial charge in [0.25, 0.3) is 0 Å². The monoisotopic (exact) mass is 821 g/mol. The minimum absolute atomic E-state index is 0.892. The fourth-order valence-electron chi connectivity index (χ4n) is 9.31. The smallest absolute Gasteiger partial charge is 0.143 e. The molecule has 0 aliphatic heterocycles. The van der Waals surface area contributed by atoms with Crippen molar-refractivity contribution in [3.05, 3.63) is 237 Å². The third-order valence-corrected chi connectivity index (χ3v) is 13.5. The van der Waals surface area contributed by atoms with Crippen molar-refractivity contribution >= 4 is 70.5 Å². The van der Waals surface area contributed by atoms with Gasteiger partial charge < -0.3 is 9.32 Å². The molecule has 0 atom stereocenters. The molecule has 0 unspecified atom stereocenters. The summed E-state index contributed by atoms with van der Waals surface area (Å²) in [5, 5.41) is 4.80. The summed E-state index contributed by atoms with van der Waals surface area (Å²) in [4.78, 5) is 2.42. The molecule has 12 rings (SSSR count). The average molecular weight is 822 g/mol. The Kier molecular flexibility index (Phi) is 9.06. The number of benzene rings is 10. The summed E-state index contributed by atoms with van der Waals surface area (Å²) in [7, 11) is 0. The fraction of sp³-hybridized carbons (Fsp3) is 0. The highest BCUT2D eigenvalue weighted by Crippen LogP contribution is 2.46. The van der Waals surface area contributed by atoms with Gasteiger partial charge in [-0.1, -0.05) is 188 Å². The van der Waals surface area contributed by atoms with Gasteiger partial charge in [0.05, 0.1) is 10.4 Å². The molecule has 10 aromatic carbocycles. The highest BCUT2D eigenvalue weighted by Gasteiger charge is 2.20. The number of nitrogens with zero attached hydrogens (tertiary/aromatic N) is 1. The molecule has 0 aliphatic rings. The number of fused-ring (bicyclic) bond motifs is 6. The van der Waals surface area contributed by atoms with Crippen LogP contribution in [0, 0.1) is 0 Å². The summed E-state index contributed by atoms with van der Waals surface area (Å²) < 4.78 is 9.07. The summed E-state index contributed by atoms with van der Waals surface area (Å²) in [5.41, 5.74) is 17.0. The Morgan fingerprint density at radius 2 is 0.810 bits per heavy atom. The predicted molar refractivity (Wildman–Crippen MR) is 268 cm³/mol. The number of hydrogen-bond donors (Lipinski definition) is 0. The van der Waals surface area contributed by atoms with Crippen LogP contribution >= 0.6 is 11.3 Å². The van der Waals surface area contributed by atoms with Gasteiger partial charge in [-0.2, -0.15) is 0 Å². The third-order valence-electron chi connectivity index (χ3n) is 12.3. The molecule has 2 heterocycles. The molecule has 0 amide bonds. The molecule has 2 aromatic heterocycles. The Bertz CT molecular complexity index is 3600. The number of rotatable bonds is 8. The Labute approximate surface area is 370 Å². The summed E-state index contributed by atoms with van der Waals surface area (Å²) in [6, 6.07) is 85.2.